The second-order valence-electron chi connectivity index (χ2n) is 10.3. The lowest BCUT2D eigenvalue weighted by Gasteiger charge is -2.34. The fourth-order valence-electron chi connectivity index (χ4n) is 5.29. The Morgan fingerprint density at radius 1 is 1.14 bits per heavy atom. The SMILES string of the molecule is CNC(=O)c1c(-c2ccc(F)cc2)oc2cc(N(C)S(C)(=O)=O)c([C@H]3CCCN(S(=O)(=O)Cc4ccccn4)C3)cc12. The van der Waals surface area contributed by atoms with E-state index < -0.39 is 31.8 Å². The number of benzene rings is 2. The van der Waals surface area contributed by atoms with Gasteiger partial charge in [-0.3, -0.25) is 14.1 Å². The molecule has 1 fully saturated rings. The molecule has 0 spiro atoms. The van der Waals surface area contributed by atoms with Crippen molar-refractivity contribution in [1.29, 1.82) is 0 Å². The van der Waals surface area contributed by atoms with Gasteiger partial charge in [0.2, 0.25) is 20.0 Å². The Morgan fingerprint density at radius 2 is 1.88 bits per heavy atom. The summed E-state index contributed by atoms with van der Waals surface area (Å²) in [7, 11) is -4.54. The second kappa shape index (κ2) is 11.5. The van der Waals surface area contributed by atoms with Crippen molar-refractivity contribution >= 4 is 42.6 Å². The predicted octanol–water partition coefficient (Wildman–Crippen LogP) is 4.10. The van der Waals surface area contributed by atoms with E-state index in [1.54, 1.807) is 36.5 Å². The zero-order valence-electron chi connectivity index (χ0n) is 23.4. The maximum atomic E-state index is 13.7. The van der Waals surface area contributed by atoms with Crippen LogP contribution in [-0.4, -0.2) is 65.5 Å². The molecule has 1 aliphatic heterocycles. The topological polar surface area (TPSA) is 130 Å². The molecule has 0 radical (unpaired) electrons. The number of carbonyl (C=O) groups is 1. The zero-order valence-corrected chi connectivity index (χ0v) is 25.0. The minimum Gasteiger partial charge on any atom is -0.455 e. The number of hydrogen-bond acceptors (Lipinski definition) is 7. The molecule has 0 aliphatic carbocycles. The van der Waals surface area contributed by atoms with Gasteiger partial charge in [0.05, 0.1) is 23.2 Å². The Morgan fingerprint density at radius 3 is 2.52 bits per heavy atom. The summed E-state index contributed by atoms with van der Waals surface area (Å²) in [6.45, 7) is 0.457. The first kappa shape index (κ1) is 29.7. The first-order chi connectivity index (χ1) is 19.9. The third-order valence-corrected chi connectivity index (χ3v) is 10.5. The number of halogens is 1. The van der Waals surface area contributed by atoms with Crippen LogP contribution in [0.1, 0.15) is 40.4 Å². The molecule has 2 aromatic heterocycles. The molecule has 0 unspecified atom stereocenters. The molecule has 1 amide bonds. The molecule has 13 heteroatoms. The third-order valence-electron chi connectivity index (χ3n) is 7.51. The lowest BCUT2D eigenvalue weighted by molar-refractivity contribution is 0.0964. The van der Waals surface area contributed by atoms with Crippen LogP contribution in [0.5, 0.6) is 0 Å². The van der Waals surface area contributed by atoms with Gasteiger partial charge in [-0.25, -0.2) is 25.5 Å². The van der Waals surface area contributed by atoms with Crippen molar-refractivity contribution in [3.8, 4) is 11.3 Å². The Kier molecular flexibility index (Phi) is 8.10. The van der Waals surface area contributed by atoms with Crippen molar-refractivity contribution < 1.29 is 30.4 Å². The van der Waals surface area contributed by atoms with Crippen LogP contribution in [0, 0.1) is 5.82 Å². The van der Waals surface area contributed by atoms with Crippen molar-refractivity contribution in [2.45, 2.75) is 24.5 Å². The van der Waals surface area contributed by atoms with E-state index in [9.17, 15) is 26.0 Å². The summed E-state index contributed by atoms with van der Waals surface area (Å²) >= 11 is 0. The first-order valence-electron chi connectivity index (χ1n) is 13.3. The standard InChI is InChI=1S/C29H31FN4O6S2/c1-31-29(35)27-24-15-23(20-7-6-14-34(17-20)42(38,39)18-22-8-4-5-13-32-22)25(33(2)41(3,36)37)16-26(24)40-28(27)19-9-11-21(30)12-10-19/h4-5,8-13,15-16,20H,6-7,14,17-18H2,1-3H3,(H,31,35)/t20-/m0/s1. The number of hydrogen-bond donors (Lipinski definition) is 1. The van der Waals surface area contributed by atoms with E-state index in [-0.39, 0.29) is 35.1 Å². The summed E-state index contributed by atoms with van der Waals surface area (Å²) in [5.41, 5.74) is 2.27. The van der Waals surface area contributed by atoms with Gasteiger partial charge in [-0.15, -0.1) is 0 Å². The van der Waals surface area contributed by atoms with Gasteiger partial charge in [-0.05, 0) is 66.8 Å². The van der Waals surface area contributed by atoms with Crippen molar-refractivity contribution in [3.05, 3.63) is 83.4 Å². The van der Waals surface area contributed by atoms with Crippen LogP contribution in [0.25, 0.3) is 22.3 Å². The van der Waals surface area contributed by atoms with E-state index >= 15 is 0 Å². The van der Waals surface area contributed by atoms with Crippen molar-refractivity contribution in [1.82, 2.24) is 14.6 Å². The summed E-state index contributed by atoms with van der Waals surface area (Å²) in [5, 5.41) is 3.05. The maximum absolute atomic E-state index is 13.7. The van der Waals surface area contributed by atoms with Crippen LogP contribution in [-0.2, 0) is 25.8 Å². The minimum atomic E-state index is -3.72. The molecule has 1 atom stereocenters. The summed E-state index contributed by atoms with van der Waals surface area (Å²) in [5.74, 6) is -1.30. The second-order valence-corrected chi connectivity index (χ2v) is 14.3. The highest BCUT2D eigenvalue weighted by Gasteiger charge is 2.34. The van der Waals surface area contributed by atoms with E-state index in [0.29, 0.717) is 47.3 Å². The molecule has 42 heavy (non-hydrogen) atoms. The molecule has 1 aliphatic rings. The maximum Gasteiger partial charge on any atom is 0.255 e. The lowest BCUT2D eigenvalue weighted by atomic mass is 9.89. The number of nitrogens with one attached hydrogen (secondary N) is 1. The van der Waals surface area contributed by atoms with Crippen LogP contribution in [0.2, 0.25) is 0 Å². The number of pyridine rings is 1. The minimum absolute atomic E-state index is 0.128. The van der Waals surface area contributed by atoms with Gasteiger partial charge >= 0.3 is 0 Å². The van der Waals surface area contributed by atoms with Gasteiger partial charge in [0.15, 0.2) is 0 Å². The number of piperidine rings is 1. The molecule has 0 saturated carbocycles. The fourth-order valence-corrected chi connectivity index (χ4v) is 7.35. The number of amides is 1. The number of anilines is 1. The van der Waals surface area contributed by atoms with E-state index in [0.717, 1.165) is 10.6 Å². The molecule has 222 valence electrons. The third kappa shape index (κ3) is 5.90. The highest BCUT2D eigenvalue weighted by Crippen LogP contribution is 2.42. The van der Waals surface area contributed by atoms with Gasteiger partial charge in [-0.1, -0.05) is 6.07 Å². The molecule has 1 saturated heterocycles. The van der Waals surface area contributed by atoms with Gasteiger partial charge in [0.25, 0.3) is 5.91 Å². The predicted molar refractivity (Wildman–Crippen MR) is 159 cm³/mol. The van der Waals surface area contributed by atoms with E-state index in [1.807, 2.05) is 0 Å². The van der Waals surface area contributed by atoms with Gasteiger partial charge < -0.3 is 9.73 Å². The molecule has 3 heterocycles. The van der Waals surface area contributed by atoms with E-state index in [2.05, 4.69) is 10.3 Å². The highest BCUT2D eigenvalue weighted by atomic mass is 32.2. The number of furan rings is 1. The molecule has 2 aromatic carbocycles. The quantitative estimate of drug-likeness (QED) is 0.316. The summed E-state index contributed by atoms with van der Waals surface area (Å²) in [6.07, 6.45) is 3.78. The first-order valence-corrected chi connectivity index (χ1v) is 16.7. The molecule has 4 aromatic rings. The van der Waals surface area contributed by atoms with Crippen LogP contribution >= 0.6 is 0 Å². The van der Waals surface area contributed by atoms with Crippen molar-refractivity contribution in [3.63, 3.8) is 0 Å². The number of fused-ring (bicyclic) bond motifs is 1. The van der Waals surface area contributed by atoms with Crippen LogP contribution in [0.15, 0.2) is 65.2 Å². The summed E-state index contributed by atoms with van der Waals surface area (Å²) in [6, 6.07) is 13.9. The molecule has 0 bridgehead atoms. The number of carbonyl (C=O) groups excluding carboxylic acids is 1. The summed E-state index contributed by atoms with van der Waals surface area (Å²) in [4.78, 5) is 17.3. The molecule has 1 N–H and O–H groups in total. The van der Waals surface area contributed by atoms with Gasteiger partial charge in [0, 0.05) is 50.4 Å². The Labute approximate surface area is 244 Å². The molecular weight excluding hydrogens is 583 g/mol. The number of rotatable bonds is 8. The normalized spacial score (nSPS) is 16.4. The largest absolute Gasteiger partial charge is 0.455 e. The lowest BCUT2D eigenvalue weighted by Crippen LogP contribution is -2.40. The highest BCUT2D eigenvalue weighted by molar-refractivity contribution is 7.92. The molecular formula is C29H31FN4O6S2. The Hall–Kier alpha value is -3.81. The molecule has 10 nitrogen and oxygen atoms in total. The smallest absolute Gasteiger partial charge is 0.255 e. The number of sulfonamides is 2. The summed E-state index contributed by atoms with van der Waals surface area (Å²) < 4.78 is 74.5. The average molecular weight is 615 g/mol. The van der Waals surface area contributed by atoms with Crippen LogP contribution in [0.4, 0.5) is 10.1 Å². The average Bonchev–Trinajstić information content (AvgIpc) is 3.34. The monoisotopic (exact) mass is 614 g/mol. The van der Waals surface area contributed by atoms with Crippen LogP contribution in [0.3, 0.4) is 0 Å². The Bertz CT molecular complexity index is 1840. The van der Waals surface area contributed by atoms with E-state index in [4.69, 9.17) is 4.42 Å². The van der Waals surface area contributed by atoms with E-state index in [1.165, 1.54) is 42.7 Å². The molecule has 5 rings (SSSR count). The van der Waals surface area contributed by atoms with Crippen molar-refractivity contribution in [2.24, 2.45) is 0 Å². The van der Waals surface area contributed by atoms with Gasteiger partial charge in [-0.2, -0.15) is 0 Å². The fraction of sp³-hybridized carbons (Fsp3) is 0.310. The Balaban J connectivity index is 1.64. The van der Waals surface area contributed by atoms with Crippen LogP contribution < -0.4 is 9.62 Å². The van der Waals surface area contributed by atoms with Crippen molar-refractivity contribution in [2.75, 3.05) is 37.7 Å². The zero-order chi connectivity index (χ0) is 30.2. The number of aromatic nitrogens is 1. The number of nitrogens with zero attached hydrogens (tertiary/aromatic N) is 3. The van der Waals surface area contributed by atoms with Gasteiger partial charge in [0.1, 0.15) is 22.9 Å².